The zero-order valence-corrected chi connectivity index (χ0v) is 10.7. The van der Waals surface area contributed by atoms with Gasteiger partial charge >= 0.3 is 0 Å². The lowest BCUT2D eigenvalue weighted by atomic mass is 10.1. The van der Waals surface area contributed by atoms with Crippen molar-refractivity contribution < 1.29 is 19.4 Å². The molecule has 0 aliphatic carbocycles. The van der Waals surface area contributed by atoms with Gasteiger partial charge in [0.2, 0.25) is 0 Å². The lowest BCUT2D eigenvalue weighted by molar-refractivity contribution is -0.138. The second-order valence-corrected chi connectivity index (χ2v) is 4.65. The minimum atomic E-state index is -0.318. The molecule has 0 atom stereocenters. The lowest BCUT2D eigenvalue weighted by Crippen LogP contribution is -2.17. The van der Waals surface area contributed by atoms with Gasteiger partial charge < -0.3 is 15.2 Å². The molecule has 5 heteroatoms. The van der Waals surface area contributed by atoms with E-state index in [0.29, 0.717) is 24.9 Å². The Morgan fingerprint density at radius 2 is 1.88 bits per heavy atom. The highest BCUT2D eigenvalue weighted by molar-refractivity contribution is 5.95. The molecule has 0 aromatic heterocycles. The molecule has 1 saturated heterocycles. The minimum absolute atomic E-state index is 0.0625. The van der Waals surface area contributed by atoms with Crippen molar-refractivity contribution >= 4 is 12.3 Å². The maximum atomic E-state index is 11.0. The van der Waals surface area contributed by atoms with Crippen LogP contribution in [0.4, 0.5) is 0 Å². The fourth-order valence-corrected chi connectivity index (χ4v) is 1.13. The number of rotatable bonds is 1. The number of carbonyl (C=O) groups is 2. The molecule has 0 saturated carbocycles. The summed E-state index contributed by atoms with van der Waals surface area (Å²) in [6, 6.07) is 0. The Morgan fingerprint density at radius 3 is 2.29 bits per heavy atom. The summed E-state index contributed by atoms with van der Waals surface area (Å²) in [7, 11) is 0. The van der Waals surface area contributed by atoms with Gasteiger partial charge in [-0.2, -0.15) is 0 Å². The highest BCUT2D eigenvalue weighted by Gasteiger charge is 2.12. The van der Waals surface area contributed by atoms with Gasteiger partial charge in [0.25, 0.3) is 6.47 Å². The molecule has 1 fully saturated rings. The monoisotopic (exact) mass is 243 g/mol. The first-order valence-electron chi connectivity index (χ1n) is 5.59. The van der Waals surface area contributed by atoms with Crippen LogP contribution in [0.25, 0.3) is 0 Å². The summed E-state index contributed by atoms with van der Waals surface area (Å²) < 4.78 is 4.55. The average Bonchev–Trinajstić information content (AvgIpc) is 2.41. The highest BCUT2D eigenvalue weighted by atomic mass is 16.5. The molecule has 0 spiro atoms. The van der Waals surface area contributed by atoms with E-state index >= 15 is 0 Å². The third kappa shape index (κ3) is 8.45. The van der Waals surface area contributed by atoms with Crippen molar-refractivity contribution in [2.45, 2.75) is 39.2 Å². The Hall–Kier alpha value is -1.36. The van der Waals surface area contributed by atoms with Crippen molar-refractivity contribution in [1.82, 2.24) is 5.32 Å². The molecule has 0 bridgehead atoms. The number of ketones is 1. The molecule has 0 radical (unpaired) electrons. The molecule has 2 N–H and O–H groups in total. The Kier molecular flexibility index (Phi) is 7.21. The molecule has 5 nitrogen and oxygen atoms in total. The minimum Gasteiger partial charge on any atom is -0.515 e. The molecule has 1 aliphatic heterocycles. The van der Waals surface area contributed by atoms with Crippen molar-refractivity contribution in [1.29, 1.82) is 0 Å². The van der Waals surface area contributed by atoms with E-state index in [4.69, 9.17) is 5.11 Å². The van der Waals surface area contributed by atoms with Gasteiger partial charge in [-0.25, -0.2) is 0 Å². The van der Waals surface area contributed by atoms with Crippen LogP contribution < -0.4 is 5.32 Å². The molecular formula is C12H21NO4. The molecule has 0 aromatic carbocycles. The van der Waals surface area contributed by atoms with Crippen LogP contribution in [-0.4, -0.2) is 36.1 Å². The summed E-state index contributed by atoms with van der Waals surface area (Å²) in [4.78, 5) is 20.6. The van der Waals surface area contributed by atoms with Gasteiger partial charge in [-0.15, -0.1) is 0 Å². The van der Waals surface area contributed by atoms with E-state index in [1.807, 2.05) is 20.8 Å². The largest absolute Gasteiger partial charge is 0.515 e. The van der Waals surface area contributed by atoms with E-state index in [2.05, 4.69) is 10.1 Å². The average molecular weight is 243 g/mol. The highest BCUT2D eigenvalue weighted by Crippen LogP contribution is 2.06. The summed E-state index contributed by atoms with van der Waals surface area (Å²) >= 11 is 0. The Morgan fingerprint density at radius 1 is 1.29 bits per heavy atom. The van der Waals surface area contributed by atoms with Gasteiger partial charge in [0.15, 0.2) is 5.78 Å². The number of hydrogen-bond donors (Lipinski definition) is 2. The number of aliphatic hydroxyl groups excluding tert-OH is 1. The van der Waals surface area contributed by atoms with Crippen molar-refractivity contribution in [2.75, 3.05) is 13.1 Å². The van der Waals surface area contributed by atoms with Crippen LogP contribution in [0.1, 0.15) is 33.6 Å². The van der Waals surface area contributed by atoms with E-state index in [0.717, 1.165) is 19.4 Å². The molecule has 1 heterocycles. The first-order valence-corrected chi connectivity index (χ1v) is 5.59. The molecule has 0 amide bonds. The Labute approximate surface area is 102 Å². The summed E-state index contributed by atoms with van der Waals surface area (Å²) in [6.45, 7) is 7.44. The van der Waals surface area contributed by atoms with Gasteiger partial charge in [-0.05, 0) is 33.7 Å². The number of Topliss-reactive ketones (excluding diaryl/α,β-unsaturated/α-hetero) is 1. The zero-order chi connectivity index (χ0) is 13.3. The second kappa shape index (κ2) is 7.84. The SMILES string of the molecule is CC(C)(C)OC=O.O=C1CCNCC/C1=C\O. The zero-order valence-electron chi connectivity index (χ0n) is 10.7. The first kappa shape index (κ1) is 15.6. The molecule has 98 valence electrons. The molecule has 0 unspecified atom stereocenters. The maximum Gasteiger partial charge on any atom is 0.293 e. The van der Waals surface area contributed by atoms with Gasteiger partial charge in [0, 0.05) is 18.5 Å². The predicted molar refractivity (Wildman–Crippen MR) is 64.7 cm³/mol. The quantitative estimate of drug-likeness (QED) is 0.413. The lowest BCUT2D eigenvalue weighted by Gasteiger charge is -2.14. The van der Waals surface area contributed by atoms with Gasteiger partial charge in [0.1, 0.15) is 5.60 Å². The molecule has 1 rings (SSSR count). The molecular weight excluding hydrogens is 222 g/mol. The van der Waals surface area contributed by atoms with Gasteiger partial charge in [-0.1, -0.05) is 0 Å². The van der Waals surface area contributed by atoms with Crippen LogP contribution in [0.3, 0.4) is 0 Å². The van der Waals surface area contributed by atoms with Crippen molar-refractivity contribution in [3.05, 3.63) is 11.8 Å². The normalized spacial score (nSPS) is 19.0. The smallest absolute Gasteiger partial charge is 0.293 e. The summed E-state index contributed by atoms with van der Waals surface area (Å²) in [5.74, 6) is 0.0625. The van der Waals surface area contributed by atoms with E-state index < -0.39 is 0 Å². The number of nitrogens with one attached hydrogen (secondary N) is 1. The van der Waals surface area contributed by atoms with E-state index in [-0.39, 0.29) is 11.4 Å². The van der Waals surface area contributed by atoms with Crippen LogP contribution in [0.2, 0.25) is 0 Å². The first-order chi connectivity index (χ1) is 7.90. The number of aliphatic hydroxyl groups is 1. The standard InChI is InChI=1S/C7H11NO2.C5H10O2/c9-5-6-1-3-8-4-2-7(6)10;1-5(2,3)7-4-6/h5,8-9H,1-4H2;4H,1-3H3/b6-5+;. The van der Waals surface area contributed by atoms with Crippen LogP contribution in [-0.2, 0) is 14.3 Å². The van der Waals surface area contributed by atoms with Crippen LogP contribution in [0, 0.1) is 0 Å². The number of hydrogen-bond acceptors (Lipinski definition) is 5. The number of carbonyl (C=O) groups excluding carboxylic acids is 2. The Bertz CT molecular complexity index is 279. The van der Waals surface area contributed by atoms with Crippen molar-refractivity contribution in [2.24, 2.45) is 0 Å². The summed E-state index contributed by atoms with van der Waals surface area (Å²) in [5.41, 5.74) is 0.229. The van der Waals surface area contributed by atoms with Gasteiger partial charge in [0.05, 0.1) is 6.26 Å². The summed E-state index contributed by atoms with van der Waals surface area (Å²) in [6.07, 6.45) is 2.08. The van der Waals surface area contributed by atoms with Crippen molar-refractivity contribution in [3.63, 3.8) is 0 Å². The van der Waals surface area contributed by atoms with E-state index in [9.17, 15) is 9.59 Å². The fourth-order valence-electron chi connectivity index (χ4n) is 1.13. The van der Waals surface area contributed by atoms with E-state index in [1.165, 1.54) is 0 Å². The molecule has 17 heavy (non-hydrogen) atoms. The fraction of sp³-hybridized carbons (Fsp3) is 0.667. The van der Waals surface area contributed by atoms with E-state index in [1.54, 1.807) is 0 Å². The Balaban J connectivity index is 0.000000325. The summed E-state index contributed by atoms with van der Waals surface area (Å²) in [5, 5.41) is 11.6. The van der Waals surface area contributed by atoms with Crippen LogP contribution in [0.5, 0.6) is 0 Å². The van der Waals surface area contributed by atoms with Crippen molar-refractivity contribution in [3.8, 4) is 0 Å². The maximum absolute atomic E-state index is 11.0. The second-order valence-electron chi connectivity index (χ2n) is 4.65. The third-order valence-corrected chi connectivity index (χ3v) is 2.02. The van der Waals surface area contributed by atoms with Crippen LogP contribution in [0.15, 0.2) is 11.8 Å². The predicted octanol–water partition coefficient (Wildman–Crippen LogP) is 1.34. The van der Waals surface area contributed by atoms with Gasteiger partial charge in [-0.3, -0.25) is 9.59 Å². The third-order valence-electron chi connectivity index (χ3n) is 2.02. The molecule has 1 aliphatic rings. The van der Waals surface area contributed by atoms with Crippen LogP contribution >= 0.6 is 0 Å². The number of ether oxygens (including phenoxy) is 1. The topological polar surface area (TPSA) is 75.6 Å². The molecule has 0 aromatic rings.